The number of hydrogen-bond donors (Lipinski definition) is 1. The van der Waals surface area contributed by atoms with Gasteiger partial charge in [0.25, 0.3) is 0 Å². The summed E-state index contributed by atoms with van der Waals surface area (Å²) in [5, 5.41) is 0. The summed E-state index contributed by atoms with van der Waals surface area (Å²) in [5.41, 5.74) is 6.61. The molecule has 118 valence electrons. The van der Waals surface area contributed by atoms with E-state index in [4.69, 9.17) is 5.73 Å². The summed E-state index contributed by atoms with van der Waals surface area (Å²) in [6.07, 6.45) is -1.11. The van der Waals surface area contributed by atoms with Gasteiger partial charge in [-0.05, 0) is 18.4 Å². The van der Waals surface area contributed by atoms with Crippen LogP contribution >= 0.6 is 0 Å². The summed E-state index contributed by atoms with van der Waals surface area (Å²) in [6, 6.07) is 8.16. The Morgan fingerprint density at radius 1 is 1.27 bits per heavy atom. The molecule has 0 aliphatic heterocycles. The molecule has 1 aliphatic carbocycles. The lowest BCUT2D eigenvalue weighted by Gasteiger charge is -2.19. The van der Waals surface area contributed by atoms with Crippen LogP contribution in [0.1, 0.15) is 18.4 Å². The minimum atomic E-state index is -4.81. The smallest absolute Gasteiger partial charge is 0.410 e. The van der Waals surface area contributed by atoms with E-state index in [0.29, 0.717) is 6.42 Å². The van der Waals surface area contributed by atoms with Crippen molar-refractivity contribution in [3.8, 4) is 0 Å². The van der Waals surface area contributed by atoms with Gasteiger partial charge in [-0.3, -0.25) is 4.79 Å². The fourth-order valence-corrected chi connectivity index (χ4v) is 2.27. The summed E-state index contributed by atoms with van der Waals surface area (Å²) in [7, 11) is 0. The number of halogens is 3. The molecule has 0 bridgehead atoms. The van der Waals surface area contributed by atoms with Gasteiger partial charge in [0.2, 0.25) is 0 Å². The van der Waals surface area contributed by atoms with Gasteiger partial charge in [0.15, 0.2) is 5.78 Å². The second-order valence-corrected chi connectivity index (χ2v) is 4.99. The average Bonchev–Trinajstić information content (AvgIpc) is 2.46. The number of ketones is 1. The van der Waals surface area contributed by atoms with Crippen LogP contribution in [0.2, 0.25) is 0 Å². The Morgan fingerprint density at radius 2 is 1.95 bits per heavy atom. The number of nitrogens with two attached hydrogens (primary N) is 1. The molecular formula is C16H16F3NO2. The van der Waals surface area contributed by atoms with Crippen molar-refractivity contribution in [2.75, 3.05) is 0 Å². The summed E-state index contributed by atoms with van der Waals surface area (Å²) < 4.78 is 41.2. The maximum atomic E-state index is 12.4. The number of carbonyl (C=O) groups is 1. The van der Waals surface area contributed by atoms with Crippen LogP contribution in [0.5, 0.6) is 0 Å². The minimum Gasteiger partial charge on any atom is -0.410 e. The highest BCUT2D eigenvalue weighted by Gasteiger charge is 2.34. The van der Waals surface area contributed by atoms with Crippen LogP contribution in [0.25, 0.3) is 0 Å². The first-order valence-corrected chi connectivity index (χ1v) is 6.86. The summed E-state index contributed by atoms with van der Waals surface area (Å²) in [4.78, 5) is 12.3. The molecule has 0 unspecified atom stereocenters. The van der Waals surface area contributed by atoms with Crippen LogP contribution in [0, 0.1) is 0 Å². The second-order valence-electron chi connectivity index (χ2n) is 4.99. The van der Waals surface area contributed by atoms with Crippen LogP contribution in [0.3, 0.4) is 0 Å². The first-order chi connectivity index (χ1) is 10.4. The van der Waals surface area contributed by atoms with Gasteiger partial charge in [-0.1, -0.05) is 42.5 Å². The molecule has 0 amide bonds. The van der Waals surface area contributed by atoms with Crippen LogP contribution < -0.4 is 5.73 Å². The van der Waals surface area contributed by atoms with Crippen molar-refractivity contribution in [2.45, 2.75) is 31.7 Å². The van der Waals surface area contributed by atoms with E-state index in [0.717, 1.165) is 5.56 Å². The third-order valence-electron chi connectivity index (χ3n) is 3.26. The van der Waals surface area contributed by atoms with Crippen LogP contribution in [0.15, 0.2) is 53.8 Å². The lowest BCUT2D eigenvalue weighted by atomic mass is 9.94. The molecule has 1 aromatic rings. The fourth-order valence-electron chi connectivity index (χ4n) is 2.27. The van der Waals surface area contributed by atoms with Crippen molar-refractivity contribution in [2.24, 2.45) is 5.73 Å². The van der Waals surface area contributed by atoms with E-state index < -0.39 is 18.2 Å². The number of allylic oxidation sites excluding steroid dienone is 3. The Morgan fingerprint density at radius 3 is 2.59 bits per heavy atom. The zero-order valence-electron chi connectivity index (χ0n) is 11.8. The SMILES string of the molecule is N[C@@H](Cc1ccccc1)C(=O)C1=C(OC(F)(F)F)CCC=C1. The zero-order chi connectivity index (χ0) is 16.2. The highest BCUT2D eigenvalue weighted by Crippen LogP contribution is 2.29. The third-order valence-corrected chi connectivity index (χ3v) is 3.26. The van der Waals surface area contributed by atoms with E-state index in [1.54, 1.807) is 6.08 Å². The van der Waals surface area contributed by atoms with E-state index in [1.807, 2.05) is 30.3 Å². The fraction of sp³-hybridized carbons (Fsp3) is 0.312. The van der Waals surface area contributed by atoms with Gasteiger partial charge in [-0.25, -0.2) is 0 Å². The van der Waals surface area contributed by atoms with Crippen molar-refractivity contribution in [3.05, 3.63) is 59.4 Å². The maximum absolute atomic E-state index is 12.4. The lowest BCUT2D eigenvalue weighted by molar-refractivity contribution is -0.306. The number of alkyl halides is 3. The molecule has 2 rings (SSSR count). The molecule has 1 aromatic carbocycles. The quantitative estimate of drug-likeness (QED) is 0.908. The van der Waals surface area contributed by atoms with Crippen molar-refractivity contribution in [1.82, 2.24) is 0 Å². The molecule has 22 heavy (non-hydrogen) atoms. The van der Waals surface area contributed by atoms with Gasteiger partial charge in [-0.15, -0.1) is 13.2 Å². The number of ether oxygens (including phenoxy) is 1. The molecule has 0 saturated heterocycles. The normalized spacial score (nSPS) is 16.5. The van der Waals surface area contributed by atoms with E-state index in [2.05, 4.69) is 4.74 Å². The van der Waals surface area contributed by atoms with Gasteiger partial charge in [-0.2, -0.15) is 0 Å². The van der Waals surface area contributed by atoms with E-state index >= 15 is 0 Å². The molecule has 0 radical (unpaired) electrons. The van der Waals surface area contributed by atoms with Crippen LogP contribution in [0.4, 0.5) is 13.2 Å². The molecule has 0 spiro atoms. The monoisotopic (exact) mass is 311 g/mol. The van der Waals surface area contributed by atoms with E-state index in [-0.39, 0.29) is 24.2 Å². The summed E-state index contributed by atoms with van der Waals surface area (Å²) >= 11 is 0. The summed E-state index contributed by atoms with van der Waals surface area (Å²) in [6.45, 7) is 0. The largest absolute Gasteiger partial charge is 0.572 e. The molecule has 6 heteroatoms. The molecule has 1 atom stereocenters. The Labute approximate surface area is 126 Å². The van der Waals surface area contributed by atoms with Crippen molar-refractivity contribution < 1.29 is 22.7 Å². The van der Waals surface area contributed by atoms with Gasteiger partial charge >= 0.3 is 6.36 Å². The number of hydrogen-bond acceptors (Lipinski definition) is 3. The summed E-state index contributed by atoms with van der Waals surface area (Å²) in [5.74, 6) is -0.900. The molecule has 1 aliphatic rings. The molecule has 0 saturated carbocycles. The van der Waals surface area contributed by atoms with E-state index in [9.17, 15) is 18.0 Å². The number of carbonyl (C=O) groups excluding carboxylic acids is 1. The minimum absolute atomic E-state index is 0.0368. The Bertz CT molecular complexity index is 591. The molecule has 2 N–H and O–H groups in total. The van der Waals surface area contributed by atoms with Gasteiger partial charge in [0.05, 0.1) is 11.6 Å². The molecular weight excluding hydrogens is 295 g/mol. The highest BCUT2D eigenvalue weighted by molar-refractivity contribution is 6.02. The second kappa shape index (κ2) is 6.79. The van der Waals surface area contributed by atoms with Gasteiger partial charge in [0.1, 0.15) is 5.76 Å². The topological polar surface area (TPSA) is 52.3 Å². The predicted octanol–water partition coefficient (Wildman–Crippen LogP) is 3.27. The average molecular weight is 311 g/mol. The Balaban J connectivity index is 2.16. The maximum Gasteiger partial charge on any atom is 0.572 e. The van der Waals surface area contributed by atoms with Crippen LogP contribution in [-0.2, 0) is 16.0 Å². The first-order valence-electron chi connectivity index (χ1n) is 6.86. The van der Waals surface area contributed by atoms with Crippen molar-refractivity contribution >= 4 is 5.78 Å². The Kier molecular flexibility index (Phi) is 5.03. The van der Waals surface area contributed by atoms with Gasteiger partial charge < -0.3 is 10.5 Å². The van der Waals surface area contributed by atoms with Crippen molar-refractivity contribution in [3.63, 3.8) is 0 Å². The first kappa shape index (κ1) is 16.3. The molecule has 0 heterocycles. The standard InChI is InChI=1S/C16H16F3NO2/c17-16(18,19)22-14-9-5-4-8-12(14)15(21)13(20)10-11-6-2-1-3-7-11/h1-4,6-8,13H,5,9-10,20H2/t13-/m0/s1. The van der Waals surface area contributed by atoms with Gasteiger partial charge in [0, 0.05) is 6.42 Å². The molecule has 3 nitrogen and oxygen atoms in total. The number of benzene rings is 1. The number of Topliss-reactive ketones (excluding diaryl/α,β-unsaturated/α-hetero) is 1. The van der Waals surface area contributed by atoms with Crippen LogP contribution in [-0.4, -0.2) is 18.2 Å². The predicted molar refractivity (Wildman–Crippen MR) is 75.7 cm³/mol. The Hall–Kier alpha value is -2.08. The third kappa shape index (κ3) is 4.46. The van der Waals surface area contributed by atoms with E-state index in [1.165, 1.54) is 6.08 Å². The number of rotatable bonds is 5. The lowest BCUT2D eigenvalue weighted by Crippen LogP contribution is -2.34. The molecule has 0 fully saturated rings. The molecule has 0 aromatic heterocycles. The zero-order valence-corrected chi connectivity index (χ0v) is 11.8. The highest BCUT2D eigenvalue weighted by atomic mass is 19.4. The van der Waals surface area contributed by atoms with Crippen molar-refractivity contribution in [1.29, 1.82) is 0 Å².